The second-order valence-corrected chi connectivity index (χ2v) is 2.03. The highest BCUT2D eigenvalue weighted by molar-refractivity contribution is 5.71. The molecule has 0 aromatic rings. The molecule has 0 radical (unpaired) electrons. The molecule has 0 rings (SSSR count). The summed E-state index contributed by atoms with van der Waals surface area (Å²) in [7, 11) is 0. The van der Waals surface area contributed by atoms with Gasteiger partial charge in [-0.15, -0.1) is 0 Å². The van der Waals surface area contributed by atoms with E-state index in [9.17, 15) is 0 Å². The lowest BCUT2D eigenvalue weighted by atomic mass is 10.4. The Labute approximate surface area is 63.0 Å². The van der Waals surface area contributed by atoms with E-state index >= 15 is 0 Å². The molecule has 0 amide bonds. The van der Waals surface area contributed by atoms with Crippen LogP contribution in [-0.2, 0) is 0 Å². The monoisotopic (exact) mass is 140 g/mol. The third-order valence-corrected chi connectivity index (χ3v) is 1.07. The molecule has 0 unspecified atom stereocenters. The third kappa shape index (κ3) is 5.35. The molecular weight excluding hydrogens is 124 g/mol. The Balaban J connectivity index is 3.56. The van der Waals surface area contributed by atoms with Crippen LogP contribution in [0.1, 0.15) is 20.8 Å². The fourth-order valence-corrected chi connectivity index (χ4v) is 0.608. The Hall–Kier alpha value is -0.790. The molecule has 0 saturated heterocycles. The van der Waals surface area contributed by atoms with Crippen LogP contribution in [0.5, 0.6) is 0 Å². The quantitative estimate of drug-likeness (QED) is 0.589. The molecular formula is C8H16N2. The first kappa shape index (κ1) is 9.21. The molecule has 0 aliphatic carbocycles. The Kier molecular flexibility index (Phi) is 5.83. The van der Waals surface area contributed by atoms with Gasteiger partial charge in [-0.3, -0.25) is 4.99 Å². The van der Waals surface area contributed by atoms with Gasteiger partial charge in [0, 0.05) is 25.0 Å². The van der Waals surface area contributed by atoms with Crippen LogP contribution in [0.3, 0.4) is 0 Å². The van der Waals surface area contributed by atoms with Crippen molar-refractivity contribution >= 4 is 6.21 Å². The van der Waals surface area contributed by atoms with Crippen molar-refractivity contribution in [3.05, 3.63) is 11.8 Å². The van der Waals surface area contributed by atoms with E-state index in [1.54, 1.807) is 0 Å². The van der Waals surface area contributed by atoms with E-state index in [2.05, 4.69) is 17.2 Å². The van der Waals surface area contributed by atoms with Gasteiger partial charge in [0.15, 0.2) is 0 Å². The minimum absolute atomic E-state index is 0.857. The molecule has 0 saturated carbocycles. The summed E-state index contributed by atoms with van der Waals surface area (Å²) in [5.41, 5.74) is 1.17. The van der Waals surface area contributed by atoms with E-state index in [4.69, 9.17) is 0 Å². The Morgan fingerprint density at radius 2 is 2.20 bits per heavy atom. The smallest absolute Gasteiger partial charge is 0.0360 e. The van der Waals surface area contributed by atoms with E-state index in [1.165, 1.54) is 5.70 Å². The van der Waals surface area contributed by atoms with Crippen LogP contribution in [0.4, 0.5) is 0 Å². The summed E-state index contributed by atoms with van der Waals surface area (Å²) < 4.78 is 0. The molecule has 0 heterocycles. The molecule has 0 aliphatic rings. The predicted molar refractivity (Wildman–Crippen MR) is 46.5 cm³/mol. The van der Waals surface area contributed by atoms with Gasteiger partial charge in [0.05, 0.1) is 0 Å². The van der Waals surface area contributed by atoms with Crippen molar-refractivity contribution < 1.29 is 0 Å². The van der Waals surface area contributed by atoms with Gasteiger partial charge in [0.2, 0.25) is 0 Å². The first-order valence-corrected chi connectivity index (χ1v) is 3.71. The molecule has 0 fully saturated rings. The minimum atomic E-state index is 0.857. The van der Waals surface area contributed by atoms with Gasteiger partial charge in [-0.1, -0.05) is 0 Å². The van der Waals surface area contributed by atoms with Crippen LogP contribution >= 0.6 is 0 Å². The Morgan fingerprint density at radius 1 is 1.50 bits per heavy atom. The maximum Gasteiger partial charge on any atom is 0.0360 e. The second-order valence-electron chi connectivity index (χ2n) is 2.03. The standard InChI is InChI=1S/C8H16N2/c1-4-9-7-6-8(3)10-5-2/h6-7,10H,4-5H2,1-3H3/b8-6+,9-7?. The second kappa shape index (κ2) is 6.33. The van der Waals surface area contributed by atoms with Gasteiger partial charge in [-0.2, -0.15) is 0 Å². The van der Waals surface area contributed by atoms with Crippen molar-refractivity contribution in [2.75, 3.05) is 13.1 Å². The summed E-state index contributed by atoms with van der Waals surface area (Å²) >= 11 is 0. The summed E-state index contributed by atoms with van der Waals surface area (Å²) in [5, 5.41) is 3.17. The van der Waals surface area contributed by atoms with Crippen molar-refractivity contribution in [2.24, 2.45) is 4.99 Å². The van der Waals surface area contributed by atoms with Crippen LogP contribution in [0.15, 0.2) is 16.8 Å². The highest BCUT2D eigenvalue weighted by atomic mass is 14.9. The average molecular weight is 140 g/mol. The zero-order valence-corrected chi connectivity index (χ0v) is 7.02. The predicted octanol–water partition coefficient (Wildman–Crippen LogP) is 1.59. The van der Waals surface area contributed by atoms with Gasteiger partial charge in [0.1, 0.15) is 0 Å². The molecule has 1 N–H and O–H groups in total. The van der Waals surface area contributed by atoms with E-state index < -0.39 is 0 Å². The molecule has 10 heavy (non-hydrogen) atoms. The maximum absolute atomic E-state index is 4.05. The van der Waals surface area contributed by atoms with Crippen molar-refractivity contribution in [1.82, 2.24) is 5.32 Å². The van der Waals surface area contributed by atoms with Gasteiger partial charge in [0.25, 0.3) is 0 Å². The van der Waals surface area contributed by atoms with Gasteiger partial charge < -0.3 is 5.32 Å². The van der Waals surface area contributed by atoms with E-state index in [1.807, 2.05) is 26.1 Å². The maximum atomic E-state index is 4.05. The zero-order valence-electron chi connectivity index (χ0n) is 7.02. The van der Waals surface area contributed by atoms with Crippen LogP contribution in [0, 0.1) is 0 Å². The van der Waals surface area contributed by atoms with Gasteiger partial charge in [-0.25, -0.2) is 0 Å². The molecule has 2 heteroatoms. The SMILES string of the molecule is CCN=C/C=C(\C)NCC. The first-order chi connectivity index (χ1) is 4.81. The van der Waals surface area contributed by atoms with Crippen LogP contribution in [0.25, 0.3) is 0 Å². The number of hydrogen-bond donors (Lipinski definition) is 1. The van der Waals surface area contributed by atoms with Crippen molar-refractivity contribution in [1.29, 1.82) is 0 Å². The lowest BCUT2D eigenvalue weighted by Gasteiger charge is -1.98. The number of aliphatic imine (C=N–C) groups is 1. The van der Waals surface area contributed by atoms with Crippen molar-refractivity contribution in [3.63, 3.8) is 0 Å². The highest BCUT2D eigenvalue weighted by Crippen LogP contribution is 1.81. The molecule has 0 bridgehead atoms. The summed E-state index contributed by atoms with van der Waals surface area (Å²) in [5.74, 6) is 0. The van der Waals surface area contributed by atoms with Crippen molar-refractivity contribution in [3.8, 4) is 0 Å². The molecule has 0 spiro atoms. The van der Waals surface area contributed by atoms with Gasteiger partial charge in [-0.05, 0) is 26.8 Å². The fraction of sp³-hybridized carbons (Fsp3) is 0.625. The zero-order chi connectivity index (χ0) is 7.82. The van der Waals surface area contributed by atoms with Crippen LogP contribution in [0.2, 0.25) is 0 Å². The van der Waals surface area contributed by atoms with Crippen LogP contribution < -0.4 is 5.32 Å². The Bertz CT molecular complexity index is 125. The minimum Gasteiger partial charge on any atom is -0.389 e. The normalized spacial score (nSPS) is 12.5. The number of hydrogen-bond acceptors (Lipinski definition) is 2. The molecule has 0 atom stereocenters. The molecule has 0 aromatic carbocycles. The summed E-state index contributed by atoms with van der Waals surface area (Å²) in [6, 6.07) is 0. The van der Waals surface area contributed by atoms with E-state index in [0.717, 1.165) is 13.1 Å². The molecule has 2 nitrogen and oxygen atoms in total. The number of nitrogens with one attached hydrogen (secondary N) is 1. The largest absolute Gasteiger partial charge is 0.389 e. The van der Waals surface area contributed by atoms with Crippen molar-refractivity contribution in [2.45, 2.75) is 20.8 Å². The summed E-state index contributed by atoms with van der Waals surface area (Å²) in [6.45, 7) is 7.96. The lowest BCUT2D eigenvalue weighted by Crippen LogP contribution is -2.08. The number of rotatable bonds is 4. The number of nitrogens with zero attached hydrogens (tertiary/aromatic N) is 1. The number of allylic oxidation sites excluding steroid dienone is 2. The highest BCUT2D eigenvalue weighted by Gasteiger charge is 1.78. The average Bonchev–Trinajstić information content (AvgIpc) is 1.89. The molecule has 0 aromatic heterocycles. The summed E-state index contributed by atoms with van der Waals surface area (Å²) in [4.78, 5) is 4.05. The van der Waals surface area contributed by atoms with E-state index in [-0.39, 0.29) is 0 Å². The lowest BCUT2D eigenvalue weighted by molar-refractivity contribution is 0.856. The van der Waals surface area contributed by atoms with E-state index in [0.29, 0.717) is 0 Å². The van der Waals surface area contributed by atoms with Crippen LogP contribution in [-0.4, -0.2) is 19.3 Å². The first-order valence-electron chi connectivity index (χ1n) is 3.71. The molecule has 58 valence electrons. The third-order valence-electron chi connectivity index (χ3n) is 1.07. The van der Waals surface area contributed by atoms with Gasteiger partial charge >= 0.3 is 0 Å². The Morgan fingerprint density at radius 3 is 2.70 bits per heavy atom. The topological polar surface area (TPSA) is 24.4 Å². The fourth-order valence-electron chi connectivity index (χ4n) is 0.608. The summed E-state index contributed by atoms with van der Waals surface area (Å²) in [6.07, 6.45) is 3.81. The molecule has 0 aliphatic heterocycles.